The Morgan fingerprint density at radius 2 is 2.00 bits per heavy atom. The highest BCUT2D eigenvalue weighted by Crippen LogP contribution is 2.34. The van der Waals surface area contributed by atoms with Crippen molar-refractivity contribution in [3.05, 3.63) is 41.6 Å². The first-order valence-electron chi connectivity index (χ1n) is 8.97. The molecule has 1 N–H and O–H groups in total. The van der Waals surface area contributed by atoms with E-state index in [1.54, 1.807) is 6.07 Å². The number of halogens is 3. The Hall–Kier alpha value is -2.20. The zero-order valence-electron chi connectivity index (χ0n) is 16.0. The summed E-state index contributed by atoms with van der Waals surface area (Å²) in [5.74, 6) is 0.308. The second-order valence-corrected chi connectivity index (χ2v) is 6.62. The molecule has 0 heterocycles. The third-order valence-corrected chi connectivity index (χ3v) is 3.72. The molecule has 7 heteroatoms. The molecule has 0 saturated carbocycles. The molecule has 4 nitrogen and oxygen atoms in total. The zero-order chi connectivity index (χ0) is 20.4. The van der Waals surface area contributed by atoms with E-state index in [2.05, 4.69) is 11.9 Å². The summed E-state index contributed by atoms with van der Waals surface area (Å²) in [6.07, 6.45) is -3.60. The second-order valence-electron chi connectivity index (χ2n) is 6.62. The highest BCUT2D eigenvalue weighted by Gasteiger charge is 2.34. The van der Waals surface area contributed by atoms with Crippen LogP contribution in [0.5, 0.6) is 5.75 Å². The van der Waals surface area contributed by atoms with Crippen LogP contribution in [0.25, 0.3) is 0 Å². The Balaban J connectivity index is 2.87. The average Bonchev–Trinajstić information content (AvgIpc) is 2.59. The predicted octanol–water partition coefficient (Wildman–Crippen LogP) is 4.90. The van der Waals surface area contributed by atoms with E-state index in [1.807, 2.05) is 20.8 Å². The fourth-order valence-corrected chi connectivity index (χ4v) is 2.43. The Labute approximate surface area is 159 Å². The highest BCUT2D eigenvalue weighted by molar-refractivity contribution is 5.44. The first-order chi connectivity index (χ1) is 12.7. The zero-order valence-corrected chi connectivity index (χ0v) is 16.0. The van der Waals surface area contributed by atoms with Crippen LogP contribution in [0.2, 0.25) is 0 Å². The molecular weight excluding hydrogens is 357 g/mol. The molecular formula is C20H27F3N2O2. The van der Waals surface area contributed by atoms with Gasteiger partial charge in [-0.15, -0.1) is 0 Å². The molecule has 0 radical (unpaired) electrons. The van der Waals surface area contributed by atoms with Gasteiger partial charge in [0.2, 0.25) is 0 Å². The lowest BCUT2D eigenvalue weighted by Gasteiger charge is -2.24. The summed E-state index contributed by atoms with van der Waals surface area (Å²) in [5, 5.41) is 12.0. The van der Waals surface area contributed by atoms with Crippen LogP contribution in [0, 0.1) is 17.2 Å². The van der Waals surface area contributed by atoms with Crippen LogP contribution >= 0.6 is 0 Å². The number of nitriles is 1. The van der Waals surface area contributed by atoms with Crippen molar-refractivity contribution in [1.29, 1.82) is 5.26 Å². The first kappa shape index (κ1) is 22.8. The topological polar surface area (TPSA) is 54.3 Å². The standard InChI is InChI=1S/C20H27F3N2O2/c1-5-9-26-10-8-25-15(4)19(11-14(2)3)27-17-7-6-16(13-24)18(12-17)20(21,22)23/h6-7,12,14,19,25H,4-5,8-11H2,1-3H3. The second kappa shape index (κ2) is 10.8. The minimum absolute atomic E-state index is 0.0529. The number of ether oxygens (including phenoxy) is 2. The lowest BCUT2D eigenvalue weighted by Crippen LogP contribution is -2.31. The molecule has 0 aliphatic rings. The largest absolute Gasteiger partial charge is 0.484 e. The summed E-state index contributed by atoms with van der Waals surface area (Å²) in [6, 6.07) is 4.93. The average molecular weight is 384 g/mol. The molecule has 0 aliphatic carbocycles. The van der Waals surface area contributed by atoms with Crippen LogP contribution in [0.3, 0.4) is 0 Å². The molecule has 0 spiro atoms. The van der Waals surface area contributed by atoms with Gasteiger partial charge in [0.05, 0.1) is 23.8 Å². The van der Waals surface area contributed by atoms with E-state index in [9.17, 15) is 13.2 Å². The molecule has 1 unspecified atom stereocenters. The van der Waals surface area contributed by atoms with Gasteiger partial charge in [0.1, 0.15) is 11.9 Å². The lowest BCUT2D eigenvalue weighted by molar-refractivity contribution is -0.137. The first-order valence-corrected chi connectivity index (χ1v) is 8.97. The predicted molar refractivity (Wildman–Crippen MR) is 98.3 cm³/mol. The molecule has 1 aromatic rings. The van der Waals surface area contributed by atoms with Gasteiger partial charge in [-0.25, -0.2) is 0 Å². The van der Waals surface area contributed by atoms with E-state index in [0.717, 1.165) is 18.6 Å². The summed E-state index contributed by atoms with van der Waals surface area (Å²) < 4.78 is 50.6. The summed E-state index contributed by atoms with van der Waals surface area (Å²) in [4.78, 5) is 0. The molecule has 0 bridgehead atoms. The molecule has 0 aliphatic heterocycles. The minimum Gasteiger partial charge on any atom is -0.484 e. The van der Waals surface area contributed by atoms with E-state index < -0.39 is 23.4 Å². The number of hydrogen-bond acceptors (Lipinski definition) is 4. The number of benzene rings is 1. The van der Waals surface area contributed by atoms with Crippen molar-refractivity contribution in [2.75, 3.05) is 19.8 Å². The molecule has 0 amide bonds. The van der Waals surface area contributed by atoms with Gasteiger partial charge < -0.3 is 14.8 Å². The van der Waals surface area contributed by atoms with Crippen molar-refractivity contribution < 1.29 is 22.6 Å². The maximum absolute atomic E-state index is 13.1. The van der Waals surface area contributed by atoms with Gasteiger partial charge in [-0.2, -0.15) is 18.4 Å². The van der Waals surface area contributed by atoms with Gasteiger partial charge in [-0.3, -0.25) is 0 Å². The Morgan fingerprint density at radius 3 is 2.56 bits per heavy atom. The van der Waals surface area contributed by atoms with Crippen molar-refractivity contribution in [2.24, 2.45) is 5.92 Å². The maximum Gasteiger partial charge on any atom is 0.417 e. The van der Waals surface area contributed by atoms with Crippen LogP contribution in [-0.4, -0.2) is 25.9 Å². The van der Waals surface area contributed by atoms with Crippen LogP contribution < -0.4 is 10.1 Å². The third-order valence-electron chi connectivity index (χ3n) is 3.72. The molecule has 1 aromatic carbocycles. The van der Waals surface area contributed by atoms with E-state index in [1.165, 1.54) is 6.07 Å². The monoisotopic (exact) mass is 384 g/mol. The number of nitrogens with one attached hydrogen (secondary N) is 1. The smallest absolute Gasteiger partial charge is 0.417 e. The number of alkyl halides is 3. The molecule has 0 fully saturated rings. The SMILES string of the molecule is C=C(NCCOCCC)C(CC(C)C)Oc1ccc(C#N)c(C(F)(F)F)c1. The maximum atomic E-state index is 13.1. The van der Waals surface area contributed by atoms with Crippen LogP contribution in [0.4, 0.5) is 13.2 Å². The minimum atomic E-state index is -4.62. The van der Waals surface area contributed by atoms with Crippen LogP contribution in [-0.2, 0) is 10.9 Å². The van der Waals surface area contributed by atoms with Crippen molar-refractivity contribution in [3.8, 4) is 11.8 Å². The molecule has 0 aromatic heterocycles. The summed E-state index contributed by atoms with van der Waals surface area (Å²) in [6.45, 7) is 11.7. The van der Waals surface area contributed by atoms with E-state index in [4.69, 9.17) is 14.7 Å². The molecule has 0 saturated heterocycles. The van der Waals surface area contributed by atoms with Gasteiger partial charge in [-0.1, -0.05) is 27.4 Å². The van der Waals surface area contributed by atoms with Gasteiger partial charge in [0, 0.05) is 18.8 Å². The summed E-state index contributed by atoms with van der Waals surface area (Å²) in [5.41, 5.74) is -0.848. The number of nitrogens with zero attached hydrogens (tertiary/aromatic N) is 1. The van der Waals surface area contributed by atoms with E-state index >= 15 is 0 Å². The Bertz CT molecular complexity index is 652. The number of rotatable bonds is 11. The van der Waals surface area contributed by atoms with Crippen molar-refractivity contribution in [3.63, 3.8) is 0 Å². The van der Waals surface area contributed by atoms with E-state index in [-0.39, 0.29) is 11.7 Å². The molecule has 150 valence electrons. The summed E-state index contributed by atoms with van der Waals surface area (Å²) in [7, 11) is 0. The third kappa shape index (κ3) is 7.92. The summed E-state index contributed by atoms with van der Waals surface area (Å²) >= 11 is 0. The van der Waals surface area contributed by atoms with Gasteiger partial charge in [0.25, 0.3) is 0 Å². The van der Waals surface area contributed by atoms with Gasteiger partial charge in [-0.05, 0) is 37.0 Å². The normalized spacial score (nSPS) is 12.5. The molecule has 1 atom stereocenters. The Kier molecular flexibility index (Phi) is 9.16. The van der Waals surface area contributed by atoms with Crippen molar-refractivity contribution >= 4 is 0 Å². The Morgan fingerprint density at radius 1 is 1.30 bits per heavy atom. The van der Waals surface area contributed by atoms with E-state index in [0.29, 0.717) is 31.9 Å². The fraction of sp³-hybridized carbons (Fsp3) is 0.550. The van der Waals surface area contributed by atoms with Gasteiger partial charge >= 0.3 is 6.18 Å². The quantitative estimate of drug-likeness (QED) is 0.551. The fourth-order valence-electron chi connectivity index (χ4n) is 2.43. The molecule has 27 heavy (non-hydrogen) atoms. The lowest BCUT2D eigenvalue weighted by atomic mass is 10.0. The molecule has 1 rings (SSSR count). The van der Waals surface area contributed by atoms with Gasteiger partial charge in [0.15, 0.2) is 0 Å². The highest BCUT2D eigenvalue weighted by atomic mass is 19.4. The van der Waals surface area contributed by atoms with Crippen molar-refractivity contribution in [2.45, 2.75) is 45.9 Å². The van der Waals surface area contributed by atoms with Crippen LogP contribution in [0.15, 0.2) is 30.5 Å². The number of hydrogen-bond donors (Lipinski definition) is 1. The van der Waals surface area contributed by atoms with Crippen molar-refractivity contribution in [1.82, 2.24) is 5.32 Å². The van der Waals surface area contributed by atoms with Crippen LogP contribution in [0.1, 0.15) is 44.7 Å².